The minimum atomic E-state index is -3.05. The number of hydrogen-bond donors (Lipinski definition) is 0. The van der Waals surface area contributed by atoms with Crippen LogP contribution in [0.3, 0.4) is 0 Å². The summed E-state index contributed by atoms with van der Waals surface area (Å²) in [5.41, 5.74) is 1.62. The number of rotatable bonds is 5. The second kappa shape index (κ2) is 7.24. The van der Waals surface area contributed by atoms with E-state index in [4.69, 9.17) is 4.42 Å². The fourth-order valence-electron chi connectivity index (χ4n) is 4.14. The Kier molecular flexibility index (Phi) is 4.91. The van der Waals surface area contributed by atoms with Crippen molar-refractivity contribution < 1.29 is 17.6 Å². The van der Waals surface area contributed by atoms with Gasteiger partial charge in [-0.25, -0.2) is 8.42 Å². The number of furan rings is 1. The lowest BCUT2D eigenvalue weighted by Gasteiger charge is -2.30. The predicted octanol–water partition coefficient (Wildman–Crippen LogP) is 3.80. The quantitative estimate of drug-likeness (QED) is 0.654. The van der Waals surface area contributed by atoms with Crippen molar-refractivity contribution in [2.45, 2.75) is 32.7 Å². The second-order valence-electron chi connectivity index (χ2n) is 8.09. The number of fused-ring (bicyclic) bond motifs is 3. The minimum absolute atomic E-state index is 0.0357. The lowest BCUT2D eigenvalue weighted by Crippen LogP contribution is -2.44. The van der Waals surface area contributed by atoms with Crippen LogP contribution in [0.4, 0.5) is 0 Å². The highest BCUT2D eigenvalue weighted by molar-refractivity contribution is 7.91. The van der Waals surface area contributed by atoms with Crippen molar-refractivity contribution in [3.8, 4) is 0 Å². The molecule has 1 aliphatic rings. The van der Waals surface area contributed by atoms with Crippen molar-refractivity contribution in [1.82, 2.24) is 4.90 Å². The van der Waals surface area contributed by atoms with Crippen molar-refractivity contribution in [3.05, 3.63) is 48.2 Å². The molecule has 1 saturated heterocycles. The van der Waals surface area contributed by atoms with E-state index in [1.807, 2.05) is 50.2 Å². The Morgan fingerprint density at radius 3 is 2.71 bits per heavy atom. The Morgan fingerprint density at radius 2 is 2.00 bits per heavy atom. The van der Waals surface area contributed by atoms with Crippen LogP contribution in [-0.4, -0.2) is 43.3 Å². The molecule has 1 atom stereocenters. The largest absolute Gasteiger partial charge is 0.464 e. The fourth-order valence-corrected chi connectivity index (χ4v) is 5.87. The van der Waals surface area contributed by atoms with Gasteiger partial charge in [0.15, 0.2) is 9.84 Å². The van der Waals surface area contributed by atoms with Gasteiger partial charge in [-0.1, -0.05) is 44.2 Å². The number of hydrogen-bond acceptors (Lipinski definition) is 4. The van der Waals surface area contributed by atoms with Crippen LogP contribution in [0.15, 0.2) is 47.1 Å². The van der Waals surface area contributed by atoms with Gasteiger partial charge >= 0.3 is 0 Å². The Morgan fingerprint density at radius 1 is 1.21 bits per heavy atom. The van der Waals surface area contributed by atoms with E-state index in [1.54, 1.807) is 11.2 Å². The first-order valence-corrected chi connectivity index (χ1v) is 11.5. The average molecular weight is 400 g/mol. The van der Waals surface area contributed by atoms with E-state index < -0.39 is 9.84 Å². The monoisotopic (exact) mass is 399 g/mol. The first kappa shape index (κ1) is 19.0. The molecule has 1 aromatic heterocycles. The predicted molar refractivity (Wildman–Crippen MR) is 111 cm³/mol. The summed E-state index contributed by atoms with van der Waals surface area (Å²) in [6.45, 7) is 4.66. The first-order chi connectivity index (χ1) is 13.3. The number of amides is 1. The summed E-state index contributed by atoms with van der Waals surface area (Å²) in [6, 6.07) is 11.8. The molecule has 6 heteroatoms. The molecule has 0 bridgehead atoms. The van der Waals surface area contributed by atoms with Crippen molar-refractivity contribution in [3.63, 3.8) is 0 Å². The van der Waals surface area contributed by atoms with Gasteiger partial charge < -0.3 is 9.32 Å². The zero-order valence-electron chi connectivity index (χ0n) is 16.2. The molecule has 0 N–H and O–H groups in total. The first-order valence-electron chi connectivity index (χ1n) is 9.72. The Hall–Kier alpha value is -2.34. The third-order valence-electron chi connectivity index (χ3n) is 5.41. The standard InChI is InChI=1S/C22H25NO4S/c1-15(2)12-23(18-9-10-28(25,26)14-18)21(24)11-17-13-27-20-8-7-16-5-3-4-6-19(16)22(17)20/h3-8,13,15,18H,9-12,14H2,1-2H3/t18-/m0/s1. The van der Waals surface area contributed by atoms with Gasteiger partial charge in [-0.3, -0.25) is 4.79 Å². The molecule has 0 saturated carbocycles. The molecule has 1 amide bonds. The molecular formula is C22H25NO4S. The van der Waals surface area contributed by atoms with Gasteiger partial charge in [0.25, 0.3) is 0 Å². The SMILES string of the molecule is CC(C)CN(C(=O)Cc1coc2ccc3ccccc3c12)[C@H]1CCS(=O)(=O)C1. The van der Waals surface area contributed by atoms with Crippen LogP contribution in [0.5, 0.6) is 0 Å². The van der Waals surface area contributed by atoms with Crippen LogP contribution in [0, 0.1) is 5.92 Å². The fraction of sp³-hybridized carbons (Fsp3) is 0.409. The summed E-state index contributed by atoms with van der Waals surface area (Å²) in [5.74, 6) is 0.472. The van der Waals surface area contributed by atoms with Crippen LogP contribution < -0.4 is 0 Å². The lowest BCUT2D eigenvalue weighted by atomic mass is 10.0. The molecule has 1 fully saturated rings. The van der Waals surface area contributed by atoms with Crippen LogP contribution >= 0.6 is 0 Å². The molecule has 1 aliphatic heterocycles. The number of sulfone groups is 1. The number of carbonyl (C=O) groups excluding carboxylic acids is 1. The third kappa shape index (κ3) is 3.65. The van der Waals surface area contributed by atoms with Crippen molar-refractivity contribution in [2.75, 3.05) is 18.1 Å². The summed E-state index contributed by atoms with van der Waals surface area (Å²) in [6.07, 6.45) is 2.40. The maximum atomic E-state index is 13.2. The molecule has 0 radical (unpaired) electrons. The summed E-state index contributed by atoms with van der Waals surface area (Å²) >= 11 is 0. The van der Waals surface area contributed by atoms with Crippen molar-refractivity contribution in [1.29, 1.82) is 0 Å². The van der Waals surface area contributed by atoms with Crippen molar-refractivity contribution >= 4 is 37.5 Å². The van der Waals surface area contributed by atoms with Gasteiger partial charge in [0.05, 0.1) is 24.2 Å². The average Bonchev–Trinajstić information content (AvgIpc) is 3.22. The van der Waals surface area contributed by atoms with Gasteiger partial charge in [-0.15, -0.1) is 0 Å². The van der Waals surface area contributed by atoms with E-state index in [9.17, 15) is 13.2 Å². The van der Waals surface area contributed by atoms with E-state index in [2.05, 4.69) is 0 Å². The molecule has 3 aromatic rings. The number of benzene rings is 2. The third-order valence-corrected chi connectivity index (χ3v) is 7.16. The van der Waals surface area contributed by atoms with Crippen LogP contribution in [0.2, 0.25) is 0 Å². The highest BCUT2D eigenvalue weighted by Gasteiger charge is 2.35. The summed E-state index contributed by atoms with van der Waals surface area (Å²) in [5, 5.41) is 3.14. The molecule has 148 valence electrons. The van der Waals surface area contributed by atoms with Gasteiger partial charge in [-0.2, -0.15) is 0 Å². The van der Waals surface area contributed by atoms with Gasteiger partial charge in [0, 0.05) is 23.5 Å². The van der Waals surface area contributed by atoms with E-state index in [0.29, 0.717) is 13.0 Å². The van der Waals surface area contributed by atoms with Gasteiger partial charge in [0.1, 0.15) is 5.58 Å². The molecular weight excluding hydrogens is 374 g/mol. The van der Waals surface area contributed by atoms with Gasteiger partial charge in [-0.05, 0) is 29.2 Å². The number of nitrogens with zero attached hydrogens (tertiary/aromatic N) is 1. The van der Waals surface area contributed by atoms with Gasteiger partial charge in [0.2, 0.25) is 5.91 Å². The zero-order chi connectivity index (χ0) is 19.9. The van der Waals surface area contributed by atoms with Crippen LogP contribution in [0.1, 0.15) is 25.8 Å². The van der Waals surface area contributed by atoms with Crippen LogP contribution in [-0.2, 0) is 21.1 Å². The molecule has 0 aliphatic carbocycles. The molecule has 2 heterocycles. The smallest absolute Gasteiger partial charge is 0.227 e. The molecule has 4 rings (SSSR count). The van der Waals surface area contributed by atoms with Crippen LogP contribution in [0.25, 0.3) is 21.7 Å². The highest BCUT2D eigenvalue weighted by Crippen LogP contribution is 2.31. The lowest BCUT2D eigenvalue weighted by molar-refractivity contribution is -0.132. The van der Waals surface area contributed by atoms with E-state index >= 15 is 0 Å². The topological polar surface area (TPSA) is 67.6 Å². The maximum Gasteiger partial charge on any atom is 0.227 e. The summed E-state index contributed by atoms with van der Waals surface area (Å²) < 4.78 is 29.6. The number of carbonyl (C=O) groups is 1. The molecule has 5 nitrogen and oxygen atoms in total. The molecule has 2 aromatic carbocycles. The summed E-state index contributed by atoms with van der Waals surface area (Å²) in [4.78, 5) is 15.0. The second-order valence-corrected chi connectivity index (χ2v) is 10.3. The maximum absolute atomic E-state index is 13.2. The van der Waals surface area contributed by atoms with E-state index in [-0.39, 0.29) is 35.8 Å². The normalized spacial score (nSPS) is 18.9. The van der Waals surface area contributed by atoms with E-state index in [0.717, 1.165) is 27.3 Å². The molecule has 0 unspecified atom stereocenters. The highest BCUT2D eigenvalue weighted by atomic mass is 32.2. The Bertz CT molecular complexity index is 1130. The molecule has 28 heavy (non-hydrogen) atoms. The van der Waals surface area contributed by atoms with Crippen molar-refractivity contribution in [2.24, 2.45) is 5.92 Å². The zero-order valence-corrected chi connectivity index (χ0v) is 17.0. The Labute approximate surface area is 165 Å². The molecule has 0 spiro atoms. The summed E-state index contributed by atoms with van der Waals surface area (Å²) in [7, 11) is -3.05. The minimum Gasteiger partial charge on any atom is -0.464 e. The Balaban J connectivity index is 1.67. The van der Waals surface area contributed by atoms with E-state index in [1.165, 1.54) is 0 Å².